The molecule has 282 valence electrons. The van der Waals surface area contributed by atoms with Crippen molar-refractivity contribution >= 4 is 5.91 Å². The van der Waals surface area contributed by atoms with Crippen LogP contribution in [0, 0.1) is 0 Å². The fraction of sp³-hybridized carbons (Fsp3) is 0.841. The summed E-state index contributed by atoms with van der Waals surface area (Å²) in [6.45, 7) is 4.21. The Balaban J connectivity index is 3.47. The molecule has 0 aromatic carbocycles. The zero-order chi connectivity index (χ0) is 35.0. The van der Waals surface area contributed by atoms with Crippen molar-refractivity contribution in [3.63, 3.8) is 0 Å². The van der Waals surface area contributed by atoms with Crippen molar-refractivity contribution in [2.24, 2.45) is 0 Å². The maximum absolute atomic E-state index is 12.1. The van der Waals surface area contributed by atoms with Gasteiger partial charge >= 0.3 is 0 Å². The summed E-state index contributed by atoms with van der Waals surface area (Å²) in [5.74, 6) is -0.0918. The van der Waals surface area contributed by atoms with Gasteiger partial charge in [-0.3, -0.25) is 4.79 Å². The molecule has 0 saturated heterocycles. The number of rotatable bonds is 38. The normalized spacial score (nSPS) is 13.3. The number of unbranched alkanes of at least 4 members (excludes halogenated alkanes) is 27. The average Bonchev–Trinajstić information content (AvgIpc) is 3.09. The first kappa shape index (κ1) is 46.6. The summed E-state index contributed by atoms with van der Waals surface area (Å²) in [5.41, 5.74) is 0. The number of amides is 1. The molecule has 0 aliphatic heterocycles. The van der Waals surface area contributed by atoms with Crippen LogP contribution < -0.4 is 5.32 Å². The van der Waals surface area contributed by atoms with Crippen LogP contribution in [0.25, 0.3) is 0 Å². The summed E-state index contributed by atoms with van der Waals surface area (Å²) >= 11 is 0. The van der Waals surface area contributed by atoms with Crippen LogP contribution >= 0.6 is 0 Å². The maximum atomic E-state index is 12.1. The second kappa shape index (κ2) is 40.0. The van der Waals surface area contributed by atoms with E-state index in [1.54, 1.807) is 6.08 Å². The molecule has 0 saturated carbocycles. The molecule has 2 unspecified atom stereocenters. The van der Waals surface area contributed by atoms with Gasteiger partial charge in [-0.2, -0.15) is 0 Å². The van der Waals surface area contributed by atoms with Crippen molar-refractivity contribution in [3.8, 4) is 0 Å². The van der Waals surface area contributed by atoms with Gasteiger partial charge in [-0.05, 0) is 44.9 Å². The molecule has 4 nitrogen and oxygen atoms in total. The molecule has 0 aliphatic rings. The van der Waals surface area contributed by atoms with Gasteiger partial charge in [0.1, 0.15) is 0 Å². The lowest BCUT2D eigenvalue weighted by Gasteiger charge is -2.19. The molecule has 0 fully saturated rings. The minimum absolute atomic E-state index is 0.0918. The molecule has 0 radical (unpaired) electrons. The first-order valence-electron chi connectivity index (χ1n) is 21.2. The molecular formula is C44H83NO3. The highest BCUT2D eigenvalue weighted by Crippen LogP contribution is 2.15. The fourth-order valence-electron chi connectivity index (χ4n) is 6.33. The lowest BCUT2D eigenvalue weighted by atomic mass is 10.0. The Morgan fingerprint density at radius 2 is 0.812 bits per heavy atom. The van der Waals surface area contributed by atoms with Crippen LogP contribution in [-0.4, -0.2) is 34.9 Å². The minimum atomic E-state index is -0.864. The lowest BCUT2D eigenvalue weighted by molar-refractivity contribution is -0.123. The lowest BCUT2D eigenvalue weighted by Crippen LogP contribution is -2.45. The number of allylic oxidation sites excluding steroid dienone is 5. The molecule has 4 heteroatoms. The van der Waals surface area contributed by atoms with Gasteiger partial charge in [-0.25, -0.2) is 0 Å². The SMILES string of the molecule is CCCCCCCCCCCCCCCCCCCCCCC/C=C/CC/C=C/CC/C=C/C(O)C(CO)NC(=O)CCCCCCC. The van der Waals surface area contributed by atoms with Crippen LogP contribution in [0.1, 0.15) is 219 Å². The van der Waals surface area contributed by atoms with E-state index in [4.69, 9.17) is 0 Å². The highest BCUT2D eigenvalue weighted by atomic mass is 16.3. The number of hydrogen-bond acceptors (Lipinski definition) is 3. The minimum Gasteiger partial charge on any atom is -0.394 e. The molecule has 2 atom stereocenters. The first-order valence-corrected chi connectivity index (χ1v) is 21.2. The van der Waals surface area contributed by atoms with Gasteiger partial charge < -0.3 is 15.5 Å². The van der Waals surface area contributed by atoms with E-state index in [1.807, 2.05) is 6.08 Å². The first-order chi connectivity index (χ1) is 23.7. The van der Waals surface area contributed by atoms with E-state index < -0.39 is 12.1 Å². The molecule has 0 bridgehead atoms. The zero-order valence-electron chi connectivity index (χ0n) is 32.3. The second-order valence-electron chi connectivity index (χ2n) is 14.4. The number of aliphatic hydroxyl groups excluding tert-OH is 2. The van der Waals surface area contributed by atoms with Crippen molar-refractivity contribution in [2.45, 2.75) is 231 Å². The van der Waals surface area contributed by atoms with Gasteiger partial charge in [0.2, 0.25) is 5.91 Å². The topological polar surface area (TPSA) is 69.6 Å². The molecule has 0 spiro atoms. The third-order valence-corrected chi connectivity index (χ3v) is 9.60. The van der Waals surface area contributed by atoms with Crippen LogP contribution in [0.3, 0.4) is 0 Å². The Kier molecular flexibility index (Phi) is 38.9. The molecule has 48 heavy (non-hydrogen) atoms. The third kappa shape index (κ3) is 35.9. The highest BCUT2D eigenvalue weighted by molar-refractivity contribution is 5.76. The number of aliphatic hydroxyl groups is 2. The van der Waals surface area contributed by atoms with E-state index in [9.17, 15) is 15.0 Å². The van der Waals surface area contributed by atoms with Crippen LogP contribution in [0.5, 0.6) is 0 Å². The van der Waals surface area contributed by atoms with Crippen LogP contribution in [-0.2, 0) is 4.79 Å². The Hall–Kier alpha value is -1.39. The predicted octanol–water partition coefficient (Wildman–Crippen LogP) is 13.0. The molecule has 1 amide bonds. The van der Waals surface area contributed by atoms with Crippen molar-refractivity contribution < 1.29 is 15.0 Å². The summed E-state index contributed by atoms with van der Waals surface area (Å²) in [5, 5.41) is 22.7. The van der Waals surface area contributed by atoms with E-state index in [-0.39, 0.29) is 12.5 Å². The zero-order valence-corrected chi connectivity index (χ0v) is 32.3. The van der Waals surface area contributed by atoms with E-state index in [0.717, 1.165) is 44.9 Å². The molecular weight excluding hydrogens is 590 g/mol. The molecule has 0 aromatic heterocycles. The van der Waals surface area contributed by atoms with Crippen LogP contribution in [0.4, 0.5) is 0 Å². The van der Waals surface area contributed by atoms with Gasteiger partial charge in [-0.1, -0.05) is 204 Å². The Bertz CT molecular complexity index is 731. The van der Waals surface area contributed by atoms with E-state index in [2.05, 4.69) is 43.5 Å². The van der Waals surface area contributed by atoms with E-state index in [0.29, 0.717) is 6.42 Å². The molecule has 0 heterocycles. The maximum Gasteiger partial charge on any atom is 0.220 e. The van der Waals surface area contributed by atoms with Crippen molar-refractivity contribution in [2.75, 3.05) is 6.61 Å². The highest BCUT2D eigenvalue weighted by Gasteiger charge is 2.17. The van der Waals surface area contributed by atoms with Gasteiger partial charge in [0.05, 0.1) is 18.8 Å². The largest absolute Gasteiger partial charge is 0.394 e. The quantitative estimate of drug-likeness (QED) is 0.0451. The number of carbonyl (C=O) groups is 1. The molecule has 0 aromatic rings. The number of hydrogen-bond donors (Lipinski definition) is 3. The third-order valence-electron chi connectivity index (χ3n) is 9.60. The second-order valence-corrected chi connectivity index (χ2v) is 14.4. The molecule has 3 N–H and O–H groups in total. The summed E-state index contributed by atoms with van der Waals surface area (Å²) < 4.78 is 0. The van der Waals surface area contributed by atoms with Crippen molar-refractivity contribution in [3.05, 3.63) is 36.5 Å². The van der Waals surface area contributed by atoms with Gasteiger partial charge in [-0.15, -0.1) is 0 Å². The van der Waals surface area contributed by atoms with E-state index in [1.165, 1.54) is 154 Å². The fourth-order valence-corrected chi connectivity index (χ4v) is 6.33. The van der Waals surface area contributed by atoms with Gasteiger partial charge in [0.15, 0.2) is 0 Å². The Morgan fingerprint density at radius 3 is 1.21 bits per heavy atom. The van der Waals surface area contributed by atoms with Gasteiger partial charge in [0, 0.05) is 6.42 Å². The van der Waals surface area contributed by atoms with Crippen LogP contribution in [0.2, 0.25) is 0 Å². The van der Waals surface area contributed by atoms with Crippen molar-refractivity contribution in [1.29, 1.82) is 0 Å². The van der Waals surface area contributed by atoms with Crippen LogP contribution in [0.15, 0.2) is 36.5 Å². The summed E-state index contributed by atoms with van der Waals surface area (Å²) in [6, 6.07) is -0.639. The summed E-state index contributed by atoms with van der Waals surface area (Å²) in [7, 11) is 0. The number of nitrogens with one attached hydrogen (secondary N) is 1. The monoisotopic (exact) mass is 674 g/mol. The molecule has 0 aliphatic carbocycles. The molecule has 0 rings (SSSR count). The van der Waals surface area contributed by atoms with Crippen molar-refractivity contribution in [1.82, 2.24) is 5.32 Å². The summed E-state index contributed by atoms with van der Waals surface area (Å²) in [6.07, 6.45) is 53.1. The average molecular weight is 674 g/mol. The Labute approximate surface area is 300 Å². The van der Waals surface area contributed by atoms with E-state index >= 15 is 0 Å². The van der Waals surface area contributed by atoms with Gasteiger partial charge in [0.25, 0.3) is 0 Å². The summed E-state index contributed by atoms with van der Waals surface area (Å²) in [4.78, 5) is 12.1. The number of carbonyl (C=O) groups excluding carboxylic acids is 1. The predicted molar refractivity (Wildman–Crippen MR) is 212 cm³/mol. The smallest absolute Gasteiger partial charge is 0.220 e. The Morgan fingerprint density at radius 1 is 0.479 bits per heavy atom. The standard InChI is InChI=1S/C44H83NO3/c1-3-5-7-9-10-11-12-13-14-15-16-17-18-19-20-21-22-23-24-25-26-27-28-29-30-31-32-33-34-36-37-39-43(47)42(41-46)45-44(48)40-38-35-8-6-4-2/h28-29,32-33,37,39,42-43,46-47H,3-27,30-31,34-36,38,40-41H2,1-2H3,(H,45,48)/b29-28+,33-32+,39-37+.